The summed E-state index contributed by atoms with van der Waals surface area (Å²) in [4.78, 5) is 24.3. The van der Waals surface area contributed by atoms with Gasteiger partial charge in [-0.05, 0) is 54.9 Å². The Balaban J connectivity index is 1.43. The van der Waals surface area contributed by atoms with Gasteiger partial charge in [-0.1, -0.05) is 29.3 Å². The van der Waals surface area contributed by atoms with Crippen LogP contribution < -0.4 is 5.32 Å². The molecule has 2 amide bonds. The second kappa shape index (κ2) is 11.1. The number of carbonyl (C=O) groups excluding carboxylic acids is 1. The second-order valence-electron chi connectivity index (χ2n) is 8.56. The predicted molar refractivity (Wildman–Crippen MR) is 126 cm³/mol. The van der Waals surface area contributed by atoms with Crippen molar-refractivity contribution in [1.29, 1.82) is 5.26 Å². The fraction of sp³-hybridized carbons (Fsp3) is 0.500. The third-order valence-electron chi connectivity index (χ3n) is 6.28. The standard InChI is InChI=1S/C24H27Cl2N5O2/c25-19-4-3-17(13-20(19)26)21(2-1-8-27)30-24(32)31-9-5-18-14-28-23(29-22(18)15-31)12-16-6-10-33-11-7-16/h3-4,13-14,16,21H,1-2,5-7,9-12,15H2,(H,30,32). The molecule has 2 aliphatic rings. The minimum absolute atomic E-state index is 0.181. The Morgan fingerprint density at radius 2 is 2.12 bits per heavy atom. The van der Waals surface area contributed by atoms with E-state index in [9.17, 15) is 4.79 Å². The van der Waals surface area contributed by atoms with Crippen LogP contribution in [0, 0.1) is 17.2 Å². The van der Waals surface area contributed by atoms with Gasteiger partial charge in [0, 0.05) is 38.8 Å². The molecule has 3 heterocycles. The molecule has 0 radical (unpaired) electrons. The smallest absolute Gasteiger partial charge is 0.318 e. The number of nitriles is 1. The summed E-state index contributed by atoms with van der Waals surface area (Å²) in [6.07, 6.45) is 6.35. The van der Waals surface area contributed by atoms with Gasteiger partial charge in [0.05, 0.1) is 34.4 Å². The van der Waals surface area contributed by atoms with Gasteiger partial charge >= 0.3 is 6.03 Å². The molecule has 33 heavy (non-hydrogen) atoms. The second-order valence-corrected chi connectivity index (χ2v) is 9.38. The first-order valence-corrected chi connectivity index (χ1v) is 12.1. The topological polar surface area (TPSA) is 91.1 Å². The van der Waals surface area contributed by atoms with Crippen LogP contribution in [0.25, 0.3) is 0 Å². The highest BCUT2D eigenvalue weighted by molar-refractivity contribution is 6.42. The van der Waals surface area contributed by atoms with Gasteiger partial charge in [-0.3, -0.25) is 0 Å². The first kappa shape index (κ1) is 23.7. The molecule has 4 rings (SSSR count). The van der Waals surface area contributed by atoms with E-state index in [0.717, 1.165) is 61.5 Å². The van der Waals surface area contributed by atoms with Crippen molar-refractivity contribution in [3.05, 3.63) is 57.1 Å². The summed E-state index contributed by atoms with van der Waals surface area (Å²) in [7, 11) is 0. The molecule has 1 aromatic heterocycles. The quantitative estimate of drug-likeness (QED) is 0.627. The number of aromatic nitrogens is 2. The zero-order valence-electron chi connectivity index (χ0n) is 18.4. The van der Waals surface area contributed by atoms with Crippen LogP contribution in [0.3, 0.4) is 0 Å². The Labute approximate surface area is 204 Å². The van der Waals surface area contributed by atoms with E-state index in [2.05, 4.69) is 16.4 Å². The molecular weight excluding hydrogens is 461 g/mol. The summed E-state index contributed by atoms with van der Waals surface area (Å²) in [5.41, 5.74) is 2.84. The van der Waals surface area contributed by atoms with Crippen molar-refractivity contribution in [2.75, 3.05) is 19.8 Å². The molecule has 1 aromatic carbocycles. The van der Waals surface area contributed by atoms with Gasteiger partial charge in [-0.15, -0.1) is 0 Å². The lowest BCUT2D eigenvalue weighted by atomic mass is 9.96. The minimum Gasteiger partial charge on any atom is -0.381 e. The molecule has 0 bridgehead atoms. The van der Waals surface area contributed by atoms with E-state index < -0.39 is 0 Å². The van der Waals surface area contributed by atoms with Gasteiger partial charge in [0.1, 0.15) is 5.82 Å². The Kier molecular flexibility index (Phi) is 8.02. The summed E-state index contributed by atoms with van der Waals surface area (Å²) in [5.74, 6) is 1.39. The van der Waals surface area contributed by atoms with Crippen molar-refractivity contribution >= 4 is 29.2 Å². The van der Waals surface area contributed by atoms with Crippen molar-refractivity contribution in [2.45, 2.75) is 51.1 Å². The number of hydrogen-bond donors (Lipinski definition) is 1. The van der Waals surface area contributed by atoms with Gasteiger partial charge in [-0.25, -0.2) is 14.8 Å². The lowest BCUT2D eigenvalue weighted by molar-refractivity contribution is 0.0659. The highest BCUT2D eigenvalue weighted by Gasteiger charge is 2.25. The van der Waals surface area contributed by atoms with Crippen molar-refractivity contribution in [3.63, 3.8) is 0 Å². The number of nitrogens with zero attached hydrogens (tertiary/aromatic N) is 4. The number of urea groups is 1. The number of ether oxygens (including phenoxy) is 1. The molecule has 1 atom stereocenters. The predicted octanol–water partition coefficient (Wildman–Crippen LogP) is 4.87. The van der Waals surface area contributed by atoms with Crippen LogP contribution in [-0.4, -0.2) is 40.7 Å². The summed E-state index contributed by atoms with van der Waals surface area (Å²) >= 11 is 12.2. The molecule has 1 N–H and O–H groups in total. The summed E-state index contributed by atoms with van der Waals surface area (Å²) in [5, 5.41) is 13.0. The van der Waals surface area contributed by atoms with Crippen molar-refractivity contribution in [2.24, 2.45) is 5.92 Å². The third kappa shape index (κ3) is 6.14. The average molecular weight is 488 g/mol. The largest absolute Gasteiger partial charge is 0.381 e. The Hall–Kier alpha value is -2.40. The van der Waals surface area contributed by atoms with Crippen LogP contribution in [-0.2, 0) is 24.1 Å². The number of halogens is 2. The number of rotatable bonds is 6. The molecular formula is C24H27Cl2N5O2. The summed E-state index contributed by atoms with van der Waals surface area (Å²) < 4.78 is 5.45. The number of carbonyl (C=O) groups is 1. The van der Waals surface area contributed by atoms with Crippen LogP contribution >= 0.6 is 23.2 Å². The van der Waals surface area contributed by atoms with Gasteiger partial charge in [0.2, 0.25) is 0 Å². The maximum atomic E-state index is 13.1. The van der Waals surface area contributed by atoms with Crippen LogP contribution in [0.5, 0.6) is 0 Å². The molecule has 2 aromatic rings. The van der Waals surface area contributed by atoms with Crippen molar-refractivity contribution in [1.82, 2.24) is 20.2 Å². The van der Waals surface area contributed by atoms with Crippen LogP contribution in [0.4, 0.5) is 4.79 Å². The van der Waals surface area contributed by atoms with E-state index >= 15 is 0 Å². The van der Waals surface area contributed by atoms with Gasteiger partial charge in [-0.2, -0.15) is 5.26 Å². The van der Waals surface area contributed by atoms with E-state index in [0.29, 0.717) is 41.9 Å². The molecule has 0 saturated carbocycles. The number of fused-ring (bicyclic) bond motifs is 1. The maximum absolute atomic E-state index is 13.1. The maximum Gasteiger partial charge on any atom is 0.318 e. The van der Waals surface area contributed by atoms with Gasteiger partial charge in [0.15, 0.2) is 0 Å². The molecule has 1 unspecified atom stereocenters. The SMILES string of the molecule is N#CCCC(NC(=O)N1CCc2cnc(CC3CCOCC3)nc2C1)c1ccc(Cl)c(Cl)c1. The average Bonchev–Trinajstić information content (AvgIpc) is 2.83. The van der Waals surface area contributed by atoms with Crippen LogP contribution in [0.1, 0.15) is 54.4 Å². The van der Waals surface area contributed by atoms with Gasteiger partial charge in [0.25, 0.3) is 0 Å². The highest BCUT2D eigenvalue weighted by atomic mass is 35.5. The van der Waals surface area contributed by atoms with E-state index in [-0.39, 0.29) is 12.1 Å². The fourth-order valence-electron chi connectivity index (χ4n) is 4.33. The zero-order chi connectivity index (χ0) is 23.2. The van der Waals surface area contributed by atoms with Crippen molar-refractivity contribution in [3.8, 4) is 6.07 Å². The van der Waals surface area contributed by atoms with Gasteiger partial charge < -0.3 is 15.0 Å². The van der Waals surface area contributed by atoms with E-state index in [1.165, 1.54) is 0 Å². The lowest BCUT2D eigenvalue weighted by Crippen LogP contribution is -2.44. The molecule has 1 fully saturated rings. The molecule has 174 valence electrons. The molecule has 9 heteroatoms. The van der Waals surface area contributed by atoms with E-state index in [1.807, 2.05) is 12.3 Å². The normalized spacial score (nSPS) is 17.2. The van der Waals surface area contributed by atoms with Crippen LogP contribution in [0.2, 0.25) is 10.0 Å². The molecule has 0 aliphatic carbocycles. The molecule has 7 nitrogen and oxygen atoms in total. The molecule has 0 spiro atoms. The van der Waals surface area contributed by atoms with Crippen LogP contribution in [0.15, 0.2) is 24.4 Å². The van der Waals surface area contributed by atoms with Crippen molar-refractivity contribution < 1.29 is 9.53 Å². The Morgan fingerprint density at radius 1 is 1.30 bits per heavy atom. The summed E-state index contributed by atoms with van der Waals surface area (Å²) in [6, 6.07) is 6.92. The minimum atomic E-state index is -0.331. The number of benzene rings is 1. The third-order valence-corrected chi connectivity index (χ3v) is 7.02. The van der Waals surface area contributed by atoms with E-state index in [4.69, 9.17) is 38.2 Å². The lowest BCUT2D eigenvalue weighted by Gasteiger charge is -2.30. The first-order valence-electron chi connectivity index (χ1n) is 11.3. The molecule has 1 saturated heterocycles. The Bertz CT molecular complexity index is 1040. The fourth-order valence-corrected chi connectivity index (χ4v) is 4.63. The zero-order valence-corrected chi connectivity index (χ0v) is 19.9. The number of nitrogens with one attached hydrogen (secondary N) is 1. The van der Waals surface area contributed by atoms with E-state index in [1.54, 1.807) is 17.0 Å². The molecule has 2 aliphatic heterocycles. The number of hydrogen-bond acceptors (Lipinski definition) is 5. The highest BCUT2D eigenvalue weighted by Crippen LogP contribution is 2.28. The summed E-state index contributed by atoms with van der Waals surface area (Å²) in [6.45, 7) is 2.63. The Morgan fingerprint density at radius 3 is 2.88 bits per heavy atom. The first-order chi connectivity index (χ1) is 16.0. The number of amides is 2. The monoisotopic (exact) mass is 487 g/mol.